The van der Waals surface area contributed by atoms with Gasteiger partial charge in [-0.25, -0.2) is 4.79 Å². The molecular formula is C69H100O12. The molecule has 448 valence electrons. The smallest absolute Gasteiger partial charge is 0.335 e. The van der Waals surface area contributed by atoms with Gasteiger partial charge in [-0.05, 0) is 135 Å². The normalized spacial score (nSPS) is 19.0. The minimum Gasteiger partial charge on any atom is -0.479 e. The van der Waals surface area contributed by atoms with Crippen molar-refractivity contribution in [2.45, 2.75) is 212 Å². The number of carbonyl (C=O) groups is 4. The van der Waals surface area contributed by atoms with Crippen LogP contribution in [-0.2, 0) is 42.9 Å². The molecule has 12 heteroatoms. The molecule has 0 aromatic carbocycles. The van der Waals surface area contributed by atoms with Crippen LogP contribution in [0, 0.1) is 0 Å². The number of esters is 3. The molecule has 0 aromatic rings. The summed E-state index contributed by atoms with van der Waals surface area (Å²) in [5.41, 5.74) is 0. The van der Waals surface area contributed by atoms with Gasteiger partial charge in [-0.1, -0.05) is 203 Å². The van der Waals surface area contributed by atoms with Gasteiger partial charge in [0.15, 0.2) is 24.6 Å². The molecule has 1 aliphatic heterocycles. The molecule has 1 aliphatic rings. The molecule has 0 spiro atoms. The maximum atomic E-state index is 13.1. The van der Waals surface area contributed by atoms with E-state index in [-0.39, 0.29) is 19.3 Å². The van der Waals surface area contributed by atoms with Gasteiger partial charge in [0.05, 0.1) is 6.61 Å². The molecule has 1 fully saturated rings. The summed E-state index contributed by atoms with van der Waals surface area (Å²) in [5, 5.41) is 31.5. The number of allylic oxidation sites excluding steroid dienone is 30. The van der Waals surface area contributed by atoms with E-state index in [9.17, 15) is 34.5 Å². The number of carboxylic acids is 1. The summed E-state index contributed by atoms with van der Waals surface area (Å²) in [5.74, 6) is -3.41. The van der Waals surface area contributed by atoms with Gasteiger partial charge < -0.3 is 39.0 Å². The molecule has 0 amide bonds. The molecule has 0 radical (unpaired) electrons. The molecule has 3 N–H and O–H groups in total. The van der Waals surface area contributed by atoms with Crippen molar-refractivity contribution in [3.05, 3.63) is 182 Å². The lowest BCUT2D eigenvalue weighted by atomic mass is 9.98. The number of hydrogen-bond acceptors (Lipinski definition) is 11. The van der Waals surface area contributed by atoms with Crippen molar-refractivity contribution >= 4 is 23.9 Å². The molecule has 0 aromatic heterocycles. The minimum atomic E-state index is -1.95. The Morgan fingerprint density at radius 1 is 0.407 bits per heavy atom. The zero-order valence-electron chi connectivity index (χ0n) is 49.2. The summed E-state index contributed by atoms with van der Waals surface area (Å²) < 4.78 is 28.2. The number of carboxylic acid groups (broad SMARTS) is 1. The van der Waals surface area contributed by atoms with E-state index >= 15 is 0 Å². The number of carbonyl (C=O) groups excluding carboxylic acids is 3. The molecule has 81 heavy (non-hydrogen) atoms. The summed E-state index contributed by atoms with van der Waals surface area (Å²) in [7, 11) is 0. The van der Waals surface area contributed by atoms with Crippen molar-refractivity contribution in [2.24, 2.45) is 0 Å². The molecule has 0 aliphatic carbocycles. The van der Waals surface area contributed by atoms with E-state index in [1.165, 1.54) is 0 Å². The van der Waals surface area contributed by atoms with Crippen LogP contribution in [0.4, 0.5) is 0 Å². The maximum Gasteiger partial charge on any atom is 0.335 e. The molecule has 6 unspecified atom stereocenters. The fourth-order valence-corrected chi connectivity index (χ4v) is 7.54. The zero-order valence-corrected chi connectivity index (χ0v) is 49.2. The Morgan fingerprint density at radius 2 is 0.765 bits per heavy atom. The van der Waals surface area contributed by atoms with Gasteiger partial charge in [-0.15, -0.1) is 0 Å². The van der Waals surface area contributed by atoms with Gasteiger partial charge >= 0.3 is 23.9 Å². The van der Waals surface area contributed by atoms with Crippen molar-refractivity contribution in [3.8, 4) is 0 Å². The minimum absolute atomic E-state index is 0.0419. The first kappa shape index (κ1) is 72.8. The molecule has 1 heterocycles. The standard InChI is InChI=1S/C69H100O12/c1-4-7-10-13-16-19-22-25-28-30-31-33-35-37-40-43-46-49-52-55-61(70)77-58-60(79-62(71)56-53-50-47-44-41-38-34-27-24-21-18-15-12-9-6-3)59-78-69-67(65(74)64(73)66(81-69)68(75)76)80-63(72)57-54-51-48-45-42-39-36-32-29-26-23-20-17-14-11-8-5-2/h7-12,16-21,25-29,31,33-34,36-37,39-41,44-46,48-49,60,64-67,69,73-74H,4-6,13-15,22-24,30,32,35,38,42-43,47,50-59H2,1-3H3,(H,75,76)/b10-7-,11-8-,12-9-,19-16-,20-17-,21-18-,28-25-,29-26-,33-31-,34-27-,39-36-,40-37-,44-41-,48-45-,49-46-. The molecule has 0 bridgehead atoms. The van der Waals surface area contributed by atoms with Crippen LogP contribution in [0.3, 0.4) is 0 Å². The van der Waals surface area contributed by atoms with E-state index in [0.717, 1.165) is 103 Å². The van der Waals surface area contributed by atoms with E-state index in [2.05, 4.69) is 179 Å². The zero-order chi connectivity index (χ0) is 58.9. The number of aliphatic carboxylic acids is 1. The first-order valence-electron chi connectivity index (χ1n) is 29.8. The van der Waals surface area contributed by atoms with Gasteiger partial charge in [-0.3, -0.25) is 14.4 Å². The second kappa shape index (κ2) is 54.4. The van der Waals surface area contributed by atoms with Gasteiger partial charge in [0.1, 0.15) is 18.8 Å². The number of aliphatic hydroxyl groups is 2. The van der Waals surface area contributed by atoms with Gasteiger partial charge in [0.25, 0.3) is 0 Å². The third-order valence-corrected chi connectivity index (χ3v) is 12.0. The highest BCUT2D eigenvalue weighted by Crippen LogP contribution is 2.26. The van der Waals surface area contributed by atoms with E-state index in [4.69, 9.17) is 23.7 Å². The van der Waals surface area contributed by atoms with Crippen LogP contribution in [0.25, 0.3) is 0 Å². The van der Waals surface area contributed by atoms with Gasteiger partial charge in [0, 0.05) is 19.3 Å². The second-order valence-electron chi connectivity index (χ2n) is 19.1. The summed E-state index contributed by atoms with van der Waals surface area (Å²) >= 11 is 0. The Labute approximate surface area is 487 Å². The van der Waals surface area contributed by atoms with Crippen LogP contribution in [-0.4, -0.2) is 89.2 Å². The lowest BCUT2D eigenvalue weighted by molar-refractivity contribution is -0.301. The number of hydrogen-bond donors (Lipinski definition) is 3. The van der Waals surface area contributed by atoms with E-state index in [1.54, 1.807) is 0 Å². The Balaban J connectivity index is 2.81. The monoisotopic (exact) mass is 1120 g/mol. The average Bonchev–Trinajstić information content (AvgIpc) is 3.53. The van der Waals surface area contributed by atoms with Crippen molar-refractivity contribution in [1.29, 1.82) is 0 Å². The van der Waals surface area contributed by atoms with Crippen LogP contribution in [0.15, 0.2) is 182 Å². The maximum absolute atomic E-state index is 13.1. The fraction of sp³-hybridized carbons (Fsp3) is 0.507. The molecular weight excluding hydrogens is 1020 g/mol. The van der Waals surface area contributed by atoms with Crippen LogP contribution in [0.1, 0.15) is 175 Å². The van der Waals surface area contributed by atoms with Crippen LogP contribution in [0.2, 0.25) is 0 Å². The predicted molar refractivity (Wildman–Crippen MR) is 330 cm³/mol. The second-order valence-corrected chi connectivity index (χ2v) is 19.1. The Kier molecular flexibility index (Phi) is 48.9. The summed E-state index contributed by atoms with van der Waals surface area (Å²) in [6, 6.07) is 0. The van der Waals surface area contributed by atoms with E-state index in [0.29, 0.717) is 32.1 Å². The highest BCUT2D eigenvalue weighted by Gasteiger charge is 2.50. The van der Waals surface area contributed by atoms with Gasteiger partial charge in [0.2, 0.25) is 0 Å². The van der Waals surface area contributed by atoms with Crippen molar-refractivity contribution in [3.63, 3.8) is 0 Å². The predicted octanol–water partition coefficient (Wildman–Crippen LogP) is 15.7. The van der Waals surface area contributed by atoms with Crippen molar-refractivity contribution < 1.29 is 58.2 Å². The Morgan fingerprint density at radius 3 is 1.16 bits per heavy atom. The Bertz CT molecular complexity index is 2110. The lowest BCUT2D eigenvalue weighted by Gasteiger charge is -2.40. The van der Waals surface area contributed by atoms with E-state index in [1.807, 2.05) is 24.3 Å². The summed E-state index contributed by atoms with van der Waals surface area (Å²) in [6.07, 6.45) is 70.2. The molecule has 1 saturated heterocycles. The van der Waals surface area contributed by atoms with E-state index < -0.39 is 73.9 Å². The molecule has 6 atom stereocenters. The SMILES string of the molecule is CC/C=C\C/C=C\C/C=C\C/C=C\C/C=C\C/C=C\CCC(=O)OCC(COC1OC(C(=O)O)C(O)C(O)C1OC(=O)CCC/C=C\C/C=C\C/C=C\C/C=C\C/C=C\CC)OC(=O)CCCC/C=C\C/C=C\C/C=C\C/C=C\CC. The van der Waals surface area contributed by atoms with Gasteiger partial charge in [-0.2, -0.15) is 0 Å². The Hall–Kier alpha value is -6.18. The highest BCUT2D eigenvalue weighted by atomic mass is 16.7. The first-order valence-corrected chi connectivity index (χ1v) is 29.8. The topological polar surface area (TPSA) is 175 Å². The number of rotatable bonds is 47. The number of unbranched alkanes of at least 4 members (excludes halogenated alkanes) is 3. The first-order chi connectivity index (χ1) is 39.6. The highest BCUT2D eigenvalue weighted by molar-refractivity contribution is 5.74. The average molecular weight is 1120 g/mol. The summed E-state index contributed by atoms with van der Waals surface area (Å²) in [6.45, 7) is 5.50. The third-order valence-electron chi connectivity index (χ3n) is 12.0. The largest absolute Gasteiger partial charge is 0.479 e. The quantitative estimate of drug-likeness (QED) is 0.0228. The lowest BCUT2D eigenvalue weighted by Crippen LogP contribution is -2.61. The molecule has 1 rings (SSSR count). The number of aliphatic hydroxyl groups excluding tert-OH is 2. The summed E-state index contributed by atoms with van der Waals surface area (Å²) in [4.78, 5) is 51.1. The van der Waals surface area contributed by atoms with Crippen LogP contribution < -0.4 is 0 Å². The van der Waals surface area contributed by atoms with Crippen LogP contribution >= 0.6 is 0 Å². The molecule has 12 nitrogen and oxygen atoms in total. The number of ether oxygens (including phenoxy) is 5. The van der Waals surface area contributed by atoms with Crippen LogP contribution in [0.5, 0.6) is 0 Å². The molecule has 0 saturated carbocycles. The third kappa shape index (κ3) is 44.2. The van der Waals surface area contributed by atoms with Crippen molar-refractivity contribution in [2.75, 3.05) is 13.2 Å². The van der Waals surface area contributed by atoms with Crippen molar-refractivity contribution in [1.82, 2.24) is 0 Å². The fourth-order valence-electron chi connectivity index (χ4n) is 7.54.